The van der Waals surface area contributed by atoms with Crippen LogP contribution in [-0.4, -0.2) is 31.4 Å². The van der Waals surface area contributed by atoms with Crippen molar-refractivity contribution in [3.05, 3.63) is 118 Å². The van der Waals surface area contributed by atoms with Gasteiger partial charge < -0.3 is 14.2 Å². The quantitative estimate of drug-likeness (QED) is 0.216. The highest BCUT2D eigenvalue weighted by Crippen LogP contribution is 2.38. The number of esters is 1. The molecule has 1 aliphatic heterocycles. The summed E-state index contributed by atoms with van der Waals surface area (Å²) in [5.74, 6) is 0.488. The van der Waals surface area contributed by atoms with Gasteiger partial charge in [0.1, 0.15) is 0 Å². The lowest BCUT2D eigenvalue weighted by Gasteiger charge is -2.26. The van der Waals surface area contributed by atoms with Gasteiger partial charge in [-0.25, -0.2) is 9.79 Å². The molecular formula is C30H25IN2O5S. The van der Waals surface area contributed by atoms with E-state index in [2.05, 4.69) is 22.6 Å². The summed E-state index contributed by atoms with van der Waals surface area (Å²) in [7, 11) is 3.11. The second-order valence-corrected chi connectivity index (χ2v) is 10.9. The molecule has 198 valence electrons. The second-order valence-electron chi connectivity index (χ2n) is 8.60. The number of nitrogens with zero attached hydrogens (tertiary/aromatic N) is 2. The standard InChI is InChI=1S/C30H25IN2O5S/c1-4-38-29(35)25-26(19-10-6-5-7-11-19)32-30-33(27(25)20-13-14-22(36-2)23(17-20)37-3)28(34)24(39-30)16-18-9-8-12-21(31)15-18/h5-17,27H,4H2,1-3H3/b24-16+/t27-/m0/s1. The van der Waals surface area contributed by atoms with Gasteiger partial charge in [0.15, 0.2) is 16.3 Å². The first-order chi connectivity index (χ1) is 18.9. The predicted octanol–water partition coefficient (Wildman–Crippen LogP) is 4.56. The number of methoxy groups -OCH3 is 2. The van der Waals surface area contributed by atoms with Crippen LogP contribution in [0.2, 0.25) is 0 Å². The minimum atomic E-state index is -0.798. The van der Waals surface area contributed by atoms with E-state index in [1.807, 2.05) is 66.7 Å². The average Bonchev–Trinajstić information content (AvgIpc) is 3.26. The van der Waals surface area contributed by atoms with Crippen molar-refractivity contribution in [2.45, 2.75) is 13.0 Å². The minimum Gasteiger partial charge on any atom is -0.493 e. The Kier molecular flexibility index (Phi) is 7.99. The summed E-state index contributed by atoms with van der Waals surface area (Å²) < 4.78 is 19.7. The van der Waals surface area contributed by atoms with Crippen molar-refractivity contribution >= 4 is 51.7 Å². The lowest BCUT2D eigenvalue weighted by molar-refractivity contribution is -0.138. The molecule has 1 aliphatic rings. The van der Waals surface area contributed by atoms with Crippen LogP contribution in [0.25, 0.3) is 11.8 Å². The predicted molar refractivity (Wildman–Crippen MR) is 160 cm³/mol. The summed E-state index contributed by atoms with van der Waals surface area (Å²) in [6, 6.07) is 21.9. The third-order valence-electron chi connectivity index (χ3n) is 6.24. The Balaban J connectivity index is 1.85. The molecule has 1 aromatic heterocycles. The zero-order chi connectivity index (χ0) is 27.5. The van der Waals surface area contributed by atoms with Crippen LogP contribution in [0, 0.1) is 3.57 Å². The first-order valence-electron chi connectivity index (χ1n) is 12.2. The molecule has 3 aromatic carbocycles. The van der Waals surface area contributed by atoms with Gasteiger partial charge in [-0.3, -0.25) is 9.36 Å². The molecule has 0 N–H and O–H groups in total. The number of aromatic nitrogens is 1. The maximum atomic E-state index is 14.0. The number of hydrogen-bond acceptors (Lipinski definition) is 7. The maximum absolute atomic E-state index is 14.0. The van der Waals surface area contributed by atoms with Crippen LogP contribution in [0.4, 0.5) is 0 Å². The molecule has 2 heterocycles. The van der Waals surface area contributed by atoms with E-state index in [0.29, 0.717) is 32.1 Å². The topological polar surface area (TPSA) is 79.1 Å². The van der Waals surface area contributed by atoms with Crippen molar-refractivity contribution in [2.24, 2.45) is 4.99 Å². The number of thiazole rings is 1. The Bertz CT molecular complexity index is 1760. The van der Waals surface area contributed by atoms with E-state index in [-0.39, 0.29) is 17.7 Å². The fraction of sp³-hybridized carbons (Fsp3) is 0.167. The molecular weight excluding hydrogens is 627 g/mol. The number of carbonyl (C=O) groups is 1. The Morgan fingerprint density at radius 3 is 2.49 bits per heavy atom. The summed E-state index contributed by atoms with van der Waals surface area (Å²) >= 11 is 3.53. The Hall–Kier alpha value is -3.70. The molecule has 7 nitrogen and oxygen atoms in total. The highest BCUT2D eigenvalue weighted by molar-refractivity contribution is 14.1. The van der Waals surface area contributed by atoms with Gasteiger partial charge in [0.2, 0.25) is 0 Å². The Morgan fingerprint density at radius 2 is 1.79 bits per heavy atom. The van der Waals surface area contributed by atoms with Crippen molar-refractivity contribution in [1.82, 2.24) is 4.57 Å². The van der Waals surface area contributed by atoms with Gasteiger partial charge >= 0.3 is 5.97 Å². The number of fused-ring (bicyclic) bond motifs is 1. The molecule has 5 rings (SSSR count). The summed E-state index contributed by atoms with van der Waals surface area (Å²) in [6.45, 7) is 1.93. The summed E-state index contributed by atoms with van der Waals surface area (Å²) in [6.07, 6.45) is 1.86. The fourth-order valence-corrected chi connectivity index (χ4v) is 6.09. The largest absolute Gasteiger partial charge is 0.493 e. The molecule has 1 atom stereocenters. The normalized spacial score (nSPS) is 15.0. The fourth-order valence-electron chi connectivity index (χ4n) is 4.53. The lowest BCUT2D eigenvalue weighted by atomic mass is 9.93. The summed E-state index contributed by atoms with van der Waals surface area (Å²) in [4.78, 5) is 32.9. The minimum absolute atomic E-state index is 0.181. The van der Waals surface area contributed by atoms with Gasteiger partial charge in [-0.2, -0.15) is 0 Å². The van der Waals surface area contributed by atoms with Gasteiger partial charge in [0, 0.05) is 9.13 Å². The highest BCUT2D eigenvalue weighted by Gasteiger charge is 2.35. The Labute approximate surface area is 242 Å². The SMILES string of the molecule is CCOC(=O)C1=C(c2ccccc2)N=c2s/c(=C/c3cccc(I)c3)c(=O)n2[C@H]1c1ccc(OC)c(OC)c1. The summed E-state index contributed by atoms with van der Waals surface area (Å²) in [5, 5.41) is 0. The van der Waals surface area contributed by atoms with Crippen molar-refractivity contribution < 1.29 is 19.0 Å². The molecule has 9 heteroatoms. The second kappa shape index (κ2) is 11.6. The van der Waals surface area contributed by atoms with E-state index in [4.69, 9.17) is 19.2 Å². The van der Waals surface area contributed by atoms with Crippen molar-refractivity contribution in [3.63, 3.8) is 0 Å². The van der Waals surface area contributed by atoms with Crippen LogP contribution in [0.15, 0.2) is 88.2 Å². The zero-order valence-electron chi connectivity index (χ0n) is 21.5. The number of halogens is 1. The molecule has 0 amide bonds. The van der Waals surface area contributed by atoms with Crippen molar-refractivity contribution in [3.8, 4) is 11.5 Å². The maximum Gasteiger partial charge on any atom is 0.338 e. The first kappa shape index (κ1) is 26.9. The third-order valence-corrected chi connectivity index (χ3v) is 7.90. The molecule has 0 bridgehead atoms. The van der Waals surface area contributed by atoms with Gasteiger partial charge in [0.05, 0.1) is 42.7 Å². The monoisotopic (exact) mass is 652 g/mol. The number of hydrogen-bond donors (Lipinski definition) is 0. The van der Waals surface area contributed by atoms with E-state index in [0.717, 1.165) is 14.7 Å². The Morgan fingerprint density at radius 1 is 1.03 bits per heavy atom. The smallest absolute Gasteiger partial charge is 0.338 e. The molecule has 0 radical (unpaired) electrons. The number of rotatable bonds is 7. The molecule has 0 unspecified atom stereocenters. The van der Waals surface area contributed by atoms with Gasteiger partial charge in [-0.15, -0.1) is 0 Å². The van der Waals surface area contributed by atoms with Gasteiger partial charge in [-0.05, 0) is 71.0 Å². The molecule has 0 saturated heterocycles. The molecule has 0 aliphatic carbocycles. The van der Waals surface area contributed by atoms with E-state index < -0.39 is 12.0 Å². The van der Waals surface area contributed by atoms with Crippen molar-refractivity contribution in [2.75, 3.05) is 20.8 Å². The average molecular weight is 653 g/mol. The van der Waals surface area contributed by atoms with Crippen molar-refractivity contribution in [1.29, 1.82) is 0 Å². The molecule has 0 fully saturated rings. The molecule has 0 spiro atoms. The van der Waals surface area contributed by atoms with Crippen LogP contribution in [0.1, 0.15) is 29.7 Å². The third kappa shape index (κ3) is 5.28. The highest BCUT2D eigenvalue weighted by atomic mass is 127. The summed E-state index contributed by atoms with van der Waals surface area (Å²) in [5.41, 5.74) is 2.83. The first-order valence-corrected chi connectivity index (χ1v) is 14.1. The van der Waals surface area contributed by atoms with Crippen LogP contribution < -0.4 is 24.4 Å². The van der Waals surface area contributed by atoms with E-state index in [1.54, 1.807) is 37.8 Å². The van der Waals surface area contributed by atoms with E-state index in [1.165, 1.54) is 11.3 Å². The van der Waals surface area contributed by atoms with Crippen LogP contribution in [0.5, 0.6) is 11.5 Å². The molecule has 4 aromatic rings. The van der Waals surface area contributed by atoms with E-state index in [9.17, 15) is 9.59 Å². The zero-order valence-corrected chi connectivity index (χ0v) is 24.5. The number of ether oxygens (including phenoxy) is 3. The van der Waals surface area contributed by atoms with Crippen LogP contribution in [0.3, 0.4) is 0 Å². The van der Waals surface area contributed by atoms with Crippen LogP contribution in [-0.2, 0) is 9.53 Å². The van der Waals surface area contributed by atoms with E-state index >= 15 is 0 Å². The van der Waals surface area contributed by atoms with Gasteiger partial charge in [-0.1, -0.05) is 59.9 Å². The molecule has 39 heavy (non-hydrogen) atoms. The lowest BCUT2D eigenvalue weighted by Crippen LogP contribution is -2.40. The number of carbonyl (C=O) groups excluding carboxylic acids is 1. The molecule has 0 saturated carbocycles. The van der Waals surface area contributed by atoms with Crippen LogP contribution >= 0.6 is 33.9 Å². The number of benzene rings is 3. The van der Waals surface area contributed by atoms with Gasteiger partial charge in [0.25, 0.3) is 5.56 Å².